The van der Waals surface area contributed by atoms with Gasteiger partial charge < -0.3 is 10.3 Å². The highest BCUT2D eigenvalue weighted by atomic mass is 79.9. The molecule has 0 aliphatic heterocycles. The van der Waals surface area contributed by atoms with Gasteiger partial charge in [-0.3, -0.25) is 0 Å². The summed E-state index contributed by atoms with van der Waals surface area (Å²) in [7, 11) is 0. The molecule has 0 amide bonds. The van der Waals surface area contributed by atoms with Crippen LogP contribution in [0.2, 0.25) is 0 Å². The number of hydrogen-bond donors (Lipinski definition) is 1. The number of nitrogens with zero attached hydrogens (tertiary/aromatic N) is 1. The van der Waals surface area contributed by atoms with E-state index in [1.54, 1.807) is 0 Å². The molecule has 3 fully saturated rings. The maximum absolute atomic E-state index is 6.08. The summed E-state index contributed by atoms with van der Waals surface area (Å²) in [6.07, 6.45) is 4.29. The van der Waals surface area contributed by atoms with Gasteiger partial charge in [0.15, 0.2) is 0 Å². The van der Waals surface area contributed by atoms with Crippen LogP contribution in [0.25, 0.3) is 11.1 Å². The third-order valence-electron chi connectivity index (χ3n) is 5.91. The van der Waals surface area contributed by atoms with E-state index in [1.807, 2.05) is 12.1 Å². The van der Waals surface area contributed by atoms with Crippen LogP contribution in [0.5, 0.6) is 0 Å². The number of rotatable bonds is 2. The summed E-state index contributed by atoms with van der Waals surface area (Å²) in [5.41, 5.74) is 9.32. The van der Waals surface area contributed by atoms with Gasteiger partial charge >= 0.3 is 0 Å². The van der Waals surface area contributed by atoms with E-state index in [0.717, 1.165) is 45.0 Å². The molecule has 0 radical (unpaired) electrons. The predicted octanol–water partition coefficient (Wildman–Crippen LogP) is 4.45. The molecule has 4 unspecified atom stereocenters. The summed E-state index contributed by atoms with van der Waals surface area (Å²) in [5, 5.41) is 4.35. The first-order valence-corrected chi connectivity index (χ1v) is 8.54. The molecule has 108 valence electrons. The lowest BCUT2D eigenvalue weighted by atomic mass is 9.96. The second-order valence-electron chi connectivity index (χ2n) is 6.83. The second kappa shape index (κ2) is 4.13. The van der Waals surface area contributed by atoms with E-state index in [-0.39, 0.29) is 0 Å². The Labute approximate surface area is 132 Å². The molecule has 2 bridgehead atoms. The summed E-state index contributed by atoms with van der Waals surface area (Å²) in [4.78, 5) is 0. The number of fused-ring (bicyclic) bond motifs is 5. The van der Waals surface area contributed by atoms with Crippen molar-refractivity contribution in [1.82, 2.24) is 5.16 Å². The van der Waals surface area contributed by atoms with E-state index in [2.05, 4.69) is 33.2 Å². The van der Waals surface area contributed by atoms with Gasteiger partial charge in [-0.2, -0.15) is 0 Å². The van der Waals surface area contributed by atoms with Gasteiger partial charge in [-0.1, -0.05) is 33.2 Å². The Hall–Kier alpha value is -1.29. The van der Waals surface area contributed by atoms with E-state index in [4.69, 9.17) is 10.3 Å². The highest BCUT2D eigenvalue weighted by Gasteiger charge is 2.66. The topological polar surface area (TPSA) is 52.0 Å². The average Bonchev–Trinajstić information content (AvgIpc) is 2.80. The van der Waals surface area contributed by atoms with Gasteiger partial charge in [0, 0.05) is 10.4 Å². The quantitative estimate of drug-likeness (QED) is 0.875. The highest BCUT2D eigenvalue weighted by molar-refractivity contribution is 9.10. The average molecular weight is 345 g/mol. The molecule has 2 N–H and O–H groups in total. The smallest absolute Gasteiger partial charge is 0.230 e. The Kier molecular flexibility index (Phi) is 2.41. The molecule has 4 atom stereocenters. The van der Waals surface area contributed by atoms with E-state index < -0.39 is 0 Å². The van der Waals surface area contributed by atoms with Gasteiger partial charge in [-0.15, -0.1) is 0 Å². The summed E-state index contributed by atoms with van der Waals surface area (Å²) >= 11 is 3.54. The fourth-order valence-corrected chi connectivity index (χ4v) is 5.57. The molecule has 2 aromatic rings. The van der Waals surface area contributed by atoms with E-state index in [0.29, 0.717) is 11.8 Å². The first kappa shape index (κ1) is 12.3. The SMILES string of the molecule is Nc1onc(C2C3C4CCC(C4)C23)c1-c1cccc(Br)c1. The minimum absolute atomic E-state index is 0.459. The van der Waals surface area contributed by atoms with Crippen molar-refractivity contribution in [3.8, 4) is 11.1 Å². The van der Waals surface area contributed by atoms with Crippen molar-refractivity contribution in [2.75, 3.05) is 5.73 Å². The van der Waals surface area contributed by atoms with Gasteiger partial charge in [0.1, 0.15) is 0 Å². The van der Waals surface area contributed by atoms with Crippen LogP contribution < -0.4 is 5.73 Å². The Morgan fingerprint density at radius 2 is 1.95 bits per heavy atom. The number of nitrogen functional groups attached to an aromatic ring is 1. The number of aromatic nitrogens is 1. The fourth-order valence-electron chi connectivity index (χ4n) is 5.17. The Morgan fingerprint density at radius 1 is 1.19 bits per heavy atom. The van der Waals surface area contributed by atoms with E-state index >= 15 is 0 Å². The molecule has 5 rings (SSSR count). The first-order valence-electron chi connectivity index (χ1n) is 7.75. The lowest BCUT2D eigenvalue weighted by Gasteiger charge is -2.08. The van der Waals surface area contributed by atoms with Crippen LogP contribution >= 0.6 is 15.9 Å². The molecular weight excluding hydrogens is 328 g/mol. The molecular formula is C17H17BrN2O. The number of hydrogen-bond acceptors (Lipinski definition) is 3. The van der Waals surface area contributed by atoms with Crippen LogP contribution in [0.4, 0.5) is 5.88 Å². The van der Waals surface area contributed by atoms with E-state index in [9.17, 15) is 0 Å². The number of benzene rings is 1. The monoisotopic (exact) mass is 344 g/mol. The standard InChI is InChI=1S/C17H17BrN2O/c18-11-3-1-2-8(7-11)14-16(20-21-17(14)19)15-12-9-4-5-10(6-9)13(12)15/h1-3,7,9-10,12-13,15H,4-6,19H2. The Balaban J connectivity index is 1.58. The summed E-state index contributed by atoms with van der Waals surface area (Å²) < 4.78 is 6.42. The summed E-state index contributed by atoms with van der Waals surface area (Å²) in [6.45, 7) is 0. The van der Waals surface area contributed by atoms with Gasteiger partial charge in [-0.25, -0.2) is 0 Å². The molecule has 1 aromatic heterocycles. The zero-order chi connectivity index (χ0) is 14.1. The van der Waals surface area contributed by atoms with Gasteiger partial charge in [0.05, 0.1) is 11.3 Å². The fraction of sp³-hybridized carbons (Fsp3) is 0.471. The van der Waals surface area contributed by atoms with Gasteiger partial charge in [0.25, 0.3) is 0 Å². The van der Waals surface area contributed by atoms with Crippen LogP contribution in [0.3, 0.4) is 0 Å². The summed E-state index contributed by atoms with van der Waals surface area (Å²) in [5.74, 6) is 4.60. The van der Waals surface area contributed by atoms with Crippen LogP contribution in [0.1, 0.15) is 30.9 Å². The van der Waals surface area contributed by atoms with E-state index in [1.165, 1.54) is 19.3 Å². The number of nitrogens with two attached hydrogens (primary N) is 1. The van der Waals surface area contributed by atoms with Crippen LogP contribution in [-0.2, 0) is 0 Å². The van der Waals surface area contributed by atoms with Crippen molar-refractivity contribution < 1.29 is 4.52 Å². The van der Waals surface area contributed by atoms with Crippen molar-refractivity contribution in [1.29, 1.82) is 0 Å². The highest BCUT2D eigenvalue weighted by Crippen LogP contribution is 2.73. The van der Waals surface area contributed by atoms with Crippen LogP contribution in [0.15, 0.2) is 33.3 Å². The molecule has 3 nitrogen and oxygen atoms in total. The van der Waals surface area contributed by atoms with Crippen molar-refractivity contribution in [3.05, 3.63) is 34.4 Å². The number of anilines is 1. The van der Waals surface area contributed by atoms with Crippen molar-refractivity contribution >= 4 is 21.8 Å². The van der Waals surface area contributed by atoms with Crippen molar-refractivity contribution in [3.63, 3.8) is 0 Å². The second-order valence-corrected chi connectivity index (χ2v) is 7.75. The number of halogens is 1. The molecule has 1 aromatic carbocycles. The molecule has 0 saturated heterocycles. The van der Waals surface area contributed by atoms with Gasteiger partial charge in [0.2, 0.25) is 5.88 Å². The maximum atomic E-state index is 6.08. The molecule has 1 heterocycles. The van der Waals surface area contributed by atoms with Gasteiger partial charge in [-0.05, 0) is 60.6 Å². The third kappa shape index (κ3) is 1.62. The normalized spacial score (nSPS) is 36.0. The lowest BCUT2D eigenvalue weighted by Crippen LogP contribution is -1.99. The molecule has 3 saturated carbocycles. The Morgan fingerprint density at radius 3 is 2.67 bits per heavy atom. The molecule has 4 heteroatoms. The maximum Gasteiger partial charge on any atom is 0.230 e. The van der Waals surface area contributed by atoms with Crippen LogP contribution in [-0.4, -0.2) is 5.16 Å². The first-order chi connectivity index (χ1) is 10.2. The minimum Gasteiger partial charge on any atom is -0.367 e. The Bertz CT molecular complexity index is 709. The zero-order valence-corrected chi connectivity index (χ0v) is 13.2. The molecule has 21 heavy (non-hydrogen) atoms. The molecule has 3 aliphatic carbocycles. The van der Waals surface area contributed by atoms with Crippen LogP contribution in [0, 0.1) is 23.7 Å². The minimum atomic E-state index is 0.459. The predicted molar refractivity (Wildman–Crippen MR) is 84.6 cm³/mol. The molecule has 0 spiro atoms. The largest absolute Gasteiger partial charge is 0.367 e. The third-order valence-corrected chi connectivity index (χ3v) is 6.40. The lowest BCUT2D eigenvalue weighted by molar-refractivity contribution is 0.417. The molecule has 3 aliphatic rings. The van der Waals surface area contributed by atoms with Crippen molar-refractivity contribution in [2.45, 2.75) is 25.2 Å². The van der Waals surface area contributed by atoms with Crippen molar-refractivity contribution in [2.24, 2.45) is 23.7 Å². The summed E-state index contributed by atoms with van der Waals surface area (Å²) in [6, 6.07) is 8.25. The zero-order valence-electron chi connectivity index (χ0n) is 11.6.